The maximum Gasteiger partial charge on any atom is 0.244 e. The van der Waals surface area contributed by atoms with Gasteiger partial charge < -0.3 is 5.32 Å². The molecule has 1 aromatic carbocycles. The molecule has 0 atom stereocenters. The summed E-state index contributed by atoms with van der Waals surface area (Å²) < 4.78 is 0. The summed E-state index contributed by atoms with van der Waals surface area (Å²) in [5.74, 6) is -0.0551. The van der Waals surface area contributed by atoms with Crippen LogP contribution in [0.3, 0.4) is 0 Å². The van der Waals surface area contributed by atoms with Crippen LogP contribution in [0.1, 0.15) is 44.6 Å². The smallest absolute Gasteiger partial charge is 0.244 e. The Hall–Kier alpha value is -0.990. The van der Waals surface area contributed by atoms with Gasteiger partial charge in [0.15, 0.2) is 0 Å². The predicted octanol–water partition coefficient (Wildman–Crippen LogP) is 4.85. The number of halogens is 2. The highest BCUT2D eigenvalue weighted by Gasteiger charge is 2.27. The maximum absolute atomic E-state index is 12.0. The Bertz CT molecular complexity index is 519. The lowest BCUT2D eigenvalue weighted by Gasteiger charge is -2.34. The van der Waals surface area contributed by atoms with Crippen LogP contribution in [-0.4, -0.2) is 11.4 Å². The Morgan fingerprint density at radius 2 is 1.90 bits per heavy atom. The van der Waals surface area contributed by atoms with Crippen LogP contribution in [0.15, 0.2) is 24.3 Å². The number of benzene rings is 1. The van der Waals surface area contributed by atoms with Crippen LogP contribution in [0.5, 0.6) is 0 Å². The van der Waals surface area contributed by atoms with E-state index >= 15 is 0 Å². The SMILES string of the molecule is CC1(NC(=O)C=Cc2ccc(Cl)c(Cl)c2)CCCCC1. The molecule has 0 heterocycles. The van der Waals surface area contributed by atoms with Gasteiger partial charge in [0.25, 0.3) is 0 Å². The molecule has 0 radical (unpaired) electrons. The van der Waals surface area contributed by atoms with Crippen molar-refractivity contribution < 1.29 is 4.79 Å². The first-order chi connectivity index (χ1) is 9.48. The third-order valence-corrected chi connectivity index (χ3v) is 4.49. The van der Waals surface area contributed by atoms with E-state index in [4.69, 9.17) is 23.2 Å². The highest BCUT2D eigenvalue weighted by atomic mass is 35.5. The molecule has 0 bridgehead atoms. The fourth-order valence-electron chi connectivity index (χ4n) is 2.58. The van der Waals surface area contributed by atoms with Gasteiger partial charge in [-0.1, -0.05) is 48.5 Å². The monoisotopic (exact) mass is 311 g/mol. The molecule has 1 saturated carbocycles. The van der Waals surface area contributed by atoms with Crippen molar-refractivity contribution in [2.45, 2.75) is 44.6 Å². The van der Waals surface area contributed by atoms with E-state index in [1.165, 1.54) is 19.3 Å². The van der Waals surface area contributed by atoms with Crippen molar-refractivity contribution in [3.63, 3.8) is 0 Å². The van der Waals surface area contributed by atoms with Gasteiger partial charge in [-0.05, 0) is 43.5 Å². The normalized spacial score (nSPS) is 18.1. The lowest BCUT2D eigenvalue weighted by molar-refractivity contribution is -0.118. The van der Waals surface area contributed by atoms with Gasteiger partial charge in [-0.15, -0.1) is 0 Å². The molecular formula is C16H19Cl2NO. The van der Waals surface area contributed by atoms with E-state index in [0.29, 0.717) is 10.0 Å². The maximum atomic E-state index is 12.0. The number of hydrogen-bond acceptors (Lipinski definition) is 1. The van der Waals surface area contributed by atoms with Crippen molar-refractivity contribution in [2.75, 3.05) is 0 Å². The number of carbonyl (C=O) groups is 1. The second kappa shape index (κ2) is 6.64. The van der Waals surface area contributed by atoms with Gasteiger partial charge in [0, 0.05) is 11.6 Å². The van der Waals surface area contributed by atoms with Gasteiger partial charge in [0.05, 0.1) is 10.0 Å². The first-order valence-corrected chi connectivity index (χ1v) is 7.69. The average molecular weight is 312 g/mol. The Kier molecular flexibility index (Phi) is 5.11. The first kappa shape index (κ1) is 15.4. The fourth-order valence-corrected chi connectivity index (χ4v) is 2.89. The first-order valence-electron chi connectivity index (χ1n) is 6.94. The molecule has 20 heavy (non-hydrogen) atoms. The Labute approximate surface area is 130 Å². The van der Waals surface area contributed by atoms with Gasteiger partial charge >= 0.3 is 0 Å². The van der Waals surface area contributed by atoms with Crippen molar-refractivity contribution in [1.82, 2.24) is 5.32 Å². The van der Waals surface area contributed by atoms with E-state index in [0.717, 1.165) is 18.4 Å². The molecule has 0 aliphatic heterocycles. The number of nitrogens with one attached hydrogen (secondary N) is 1. The third kappa shape index (κ3) is 4.26. The van der Waals surface area contributed by atoms with E-state index < -0.39 is 0 Å². The van der Waals surface area contributed by atoms with E-state index in [1.54, 1.807) is 24.3 Å². The quantitative estimate of drug-likeness (QED) is 0.795. The molecule has 1 aromatic rings. The molecule has 0 spiro atoms. The van der Waals surface area contributed by atoms with Crippen molar-refractivity contribution in [3.8, 4) is 0 Å². The number of amides is 1. The molecule has 1 fully saturated rings. The van der Waals surface area contributed by atoms with Crippen LogP contribution in [-0.2, 0) is 4.79 Å². The van der Waals surface area contributed by atoms with Gasteiger partial charge in [-0.3, -0.25) is 4.79 Å². The molecule has 1 aliphatic carbocycles. The molecule has 0 unspecified atom stereocenters. The minimum Gasteiger partial charge on any atom is -0.347 e. The van der Waals surface area contributed by atoms with E-state index in [9.17, 15) is 4.79 Å². The van der Waals surface area contributed by atoms with Gasteiger partial charge in [-0.25, -0.2) is 0 Å². The Morgan fingerprint density at radius 3 is 2.55 bits per heavy atom. The van der Waals surface area contributed by atoms with Crippen molar-refractivity contribution in [2.24, 2.45) is 0 Å². The summed E-state index contributed by atoms with van der Waals surface area (Å²) in [6, 6.07) is 5.31. The molecule has 1 N–H and O–H groups in total. The zero-order chi connectivity index (χ0) is 14.6. The summed E-state index contributed by atoms with van der Waals surface area (Å²) in [6.45, 7) is 2.12. The second-order valence-electron chi connectivity index (χ2n) is 5.62. The van der Waals surface area contributed by atoms with Crippen LogP contribution in [0, 0.1) is 0 Å². The second-order valence-corrected chi connectivity index (χ2v) is 6.43. The number of carbonyl (C=O) groups excluding carboxylic acids is 1. The average Bonchev–Trinajstić information content (AvgIpc) is 2.40. The predicted molar refractivity (Wildman–Crippen MR) is 85.1 cm³/mol. The van der Waals surface area contributed by atoms with Crippen LogP contribution in [0.25, 0.3) is 6.08 Å². The summed E-state index contributed by atoms with van der Waals surface area (Å²) in [6.07, 6.45) is 9.06. The van der Waals surface area contributed by atoms with Crippen LogP contribution < -0.4 is 5.32 Å². The van der Waals surface area contributed by atoms with Crippen molar-refractivity contribution >= 4 is 35.2 Å². The minimum absolute atomic E-state index is 0.0551. The molecule has 1 amide bonds. The van der Waals surface area contributed by atoms with Crippen LogP contribution in [0.2, 0.25) is 10.0 Å². The largest absolute Gasteiger partial charge is 0.347 e. The number of hydrogen-bond donors (Lipinski definition) is 1. The topological polar surface area (TPSA) is 29.1 Å². The molecule has 2 nitrogen and oxygen atoms in total. The Morgan fingerprint density at radius 1 is 1.20 bits per heavy atom. The zero-order valence-corrected chi connectivity index (χ0v) is 13.1. The summed E-state index contributed by atoms with van der Waals surface area (Å²) in [7, 11) is 0. The fraction of sp³-hybridized carbons (Fsp3) is 0.438. The summed E-state index contributed by atoms with van der Waals surface area (Å²) in [5.41, 5.74) is 0.806. The highest BCUT2D eigenvalue weighted by Crippen LogP contribution is 2.27. The van der Waals surface area contributed by atoms with E-state index in [1.807, 2.05) is 6.07 Å². The van der Waals surface area contributed by atoms with E-state index in [-0.39, 0.29) is 11.4 Å². The lowest BCUT2D eigenvalue weighted by Crippen LogP contribution is -2.46. The van der Waals surface area contributed by atoms with Gasteiger partial charge in [0.2, 0.25) is 5.91 Å². The highest BCUT2D eigenvalue weighted by molar-refractivity contribution is 6.42. The zero-order valence-electron chi connectivity index (χ0n) is 11.6. The molecule has 1 aliphatic rings. The molecule has 4 heteroatoms. The summed E-state index contributed by atoms with van der Waals surface area (Å²) in [4.78, 5) is 12.0. The van der Waals surface area contributed by atoms with Crippen LogP contribution in [0.4, 0.5) is 0 Å². The molecule has 0 aromatic heterocycles. The summed E-state index contributed by atoms with van der Waals surface area (Å²) >= 11 is 11.8. The molecule has 2 rings (SSSR count). The van der Waals surface area contributed by atoms with Crippen molar-refractivity contribution in [1.29, 1.82) is 0 Å². The minimum atomic E-state index is -0.0582. The summed E-state index contributed by atoms with van der Waals surface area (Å²) in [5, 5.41) is 4.12. The molecular weight excluding hydrogens is 293 g/mol. The Balaban J connectivity index is 1.96. The molecule has 108 valence electrons. The lowest BCUT2D eigenvalue weighted by atomic mass is 9.83. The van der Waals surface area contributed by atoms with Crippen LogP contribution >= 0.6 is 23.2 Å². The number of rotatable bonds is 3. The van der Waals surface area contributed by atoms with Crippen molar-refractivity contribution in [3.05, 3.63) is 39.9 Å². The van der Waals surface area contributed by atoms with E-state index in [2.05, 4.69) is 12.2 Å². The standard InChI is InChI=1S/C16H19Cl2NO/c1-16(9-3-2-4-10-16)19-15(20)8-6-12-5-7-13(17)14(18)11-12/h5-8,11H,2-4,9-10H2,1H3,(H,19,20). The van der Waals surface area contributed by atoms with Gasteiger partial charge in [-0.2, -0.15) is 0 Å². The third-order valence-electron chi connectivity index (χ3n) is 3.75. The van der Waals surface area contributed by atoms with Gasteiger partial charge in [0.1, 0.15) is 0 Å². The molecule has 0 saturated heterocycles.